The second-order valence-corrected chi connectivity index (χ2v) is 16.5. The summed E-state index contributed by atoms with van der Waals surface area (Å²) in [6.07, 6.45) is 4.19. The first-order chi connectivity index (χ1) is 34.6. The predicted octanol–water partition coefficient (Wildman–Crippen LogP) is 9.04. The van der Waals surface area contributed by atoms with Crippen molar-refractivity contribution in [1.29, 1.82) is 0 Å². The Morgan fingerprint density at radius 3 is 1.42 bits per heavy atom. The van der Waals surface area contributed by atoms with E-state index >= 15 is 0 Å². The number of hydroxylamine groups is 4. The van der Waals surface area contributed by atoms with Gasteiger partial charge < -0.3 is 35.1 Å². The van der Waals surface area contributed by atoms with Gasteiger partial charge in [-0.3, -0.25) is 24.4 Å². The minimum atomic E-state index is -1.50. The monoisotopic (exact) mass is 998 g/mol. The van der Waals surface area contributed by atoms with Gasteiger partial charge in [0.25, 0.3) is 23.6 Å². The lowest BCUT2D eigenvalue weighted by Gasteiger charge is -2.36. The molecule has 6 N–H and O–H groups in total. The Bertz CT molecular complexity index is 2740. The molecule has 384 valence electrons. The maximum Gasteiger partial charge on any atom is 0.363 e. The molecule has 8 rings (SSSR count). The molecule has 4 amide bonds. The third kappa shape index (κ3) is 14.5. The molecule has 0 spiro atoms. The minimum absolute atomic E-state index is 0. The zero-order valence-electron chi connectivity index (χ0n) is 39.9. The zero-order valence-corrected chi connectivity index (χ0v) is 39.9. The Hall–Kier alpha value is -8.02. The number of carbonyl (C=O) groups is 6. The van der Waals surface area contributed by atoms with Gasteiger partial charge in [-0.25, -0.2) is 9.59 Å². The molecule has 0 bridgehead atoms. The summed E-state index contributed by atoms with van der Waals surface area (Å²) in [5.74, 6) is -3.74. The van der Waals surface area contributed by atoms with E-state index in [1.807, 2.05) is 54.6 Å². The van der Waals surface area contributed by atoms with Crippen molar-refractivity contribution in [1.82, 2.24) is 10.1 Å². The first-order valence-electron chi connectivity index (χ1n) is 23.3. The zero-order chi connectivity index (χ0) is 52.3. The molecule has 2 atom stereocenters. The number of rotatable bonds is 15. The van der Waals surface area contributed by atoms with E-state index in [0.29, 0.717) is 35.0 Å². The molecule has 16 heteroatoms. The van der Waals surface area contributed by atoms with Crippen LogP contribution in [-0.2, 0) is 40.0 Å². The van der Waals surface area contributed by atoms with Gasteiger partial charge >= 0.3 is 11.9 Å². The average Bonchev–Trinajstić information content (AvgIpc) is 3.88. The quantitative estimate of drug-likeness (QED) is 0.0243. The third-order valence-electron chi connectivity index (χ3n) is 11.5. The van der Waals surface area contributed by atoms with Crippen LogP contribution in [0.4, 0.5) is 0 Å². The van der Waals surface area contributed by atoms with Crippen molar-refractivity contribution < 1.29 is 69.1 Å². The van der Waals surface area contributed by atoms with E-state index in [4.69, 9.17) is 25.0 Å². The predicted molar refractivity (Wildman–Crippen MR) is 270 cm³/mol. The Morgan fingerprint density at radius 2 is 0.973 bits per heavy atom. The van der Waals surface area contributed by atoms with Gasteiger partial charge in [0, 0.05) is 38.9 Å². The number of unbranched alkanes of at least 4 members (excludes halogenated alkanes) is 2. The highest BCUT2D eigenvalue weighted by Crippen LogP contribution is 2.42. The number of aromatic hydroxyl groups is 2. The van der Waals surface area contributed by atoms with Crippen LogP contribution in [0.3, 0.4) is 0 Å². The third-order valence-corrected chi connectivity index (χ3v) is 11.5. The van der Waals surface area contributed by atoms with Crippen LogP contribution < -0.4 is 0 Å². The van der Waals surface area contributed by atoms with Crippen LogP contribution in [0.25, 0.3) is 0 Å². The number of carbonyl (C=O) groups excluding carboxylic acids is 5. The summed E-state index contributed by atoms with van der Waals surface area (Å²) in [6, 6.07) is 44.8. The summed E-state index contributed by atoms with van der Waals surface area (Å²) in [6.45, 7) is 4.95. The summed E-state index contributed by atoms with van der Waals surface area (Å²) >= 11 is 0. The van der Waals surface area contributed by atoms with Crippen LogP contribution in [0.5, 0.6) is 11.5 Å². The maximum atomic E-state index is 12.6. The Balaban J connectivity index is 0.000000260. The van der Waals surface area contributed by atoms with Crippen molar-refractivity contribution in [2.24, 2.45) is 0 Å². The lowest BCUT2D eigenvalue weighted by Crippen LogP contribution is -2.34. The van der Waals surface area contributed by atoms with E-state index in [1.54, 1.807) is 78.9 Å². The van der Waals surface area contributed by atoms with Crippen molar-refractivity contribution >= 4 is 35.6 Å². The number of hydrogen-bond donors (Lipinski definition) is 6. The molecule has 2 unspecified atom stereocenters. The van der Waals surface area contributed by atoms with Gasteiger partial charge in [-0.05, 0) is 94.8 Å². The van der Waals surface area contributed by atoms with Crippen molar-refractivity contribution in [3.63, 3.8) is 0 Å². The molecule has 2 aliphatic heterocycles. The number of aliphatic hydroxyl groups is 2. The Labute approximate surface area is 424 Å². The van der Waals surface area contributed by atoms with E-state index in [2.05, 4.69) is 13.8 Å². The van der Waals surface area contributed by atoms with E-state index in [-0.39, 0.29) is 60.8 Å². The van der Waals surface area contributed by atoms with Gasteiger partial charge in [-0.1, -0.05) is 143 Å². The number of carboxylic acid groups (broad SMARTS) is 1. The number of phenols is 2. The number of benzene rings is 6. The summed E-state index contributed by atoms with van der Waals surface area (Å²) in [5, 5.41) is 57.8. The molecule has 2 heterocycles. The summed E-state index contributed by atoms with van der Waals surface area (Å²) in [4.78, 5) is 72.8. The fourth-order valence-corrected chi connectivity index (χ4v) is 7.64. The van der Waals surface area contributed by atoms with Gasteiger partial charge in [0.2, 0.25) is 0 Å². The molecule has 0 radical (unpaired) electrons. The molecule has 0 aromatic heterocycles. The number of phenolic OH excluding ortho intramolecular Hbond substituents is 2. The summed E-state index contributed by atoms with van der Waals surface area (Å²) < 4.78 is 6.59. The van der Waals surface area contributed by atoms with E-state index < -0.39 is 46.8 Å². The molecule has 16 nitrogen and oxygen atoms in total. The molecule has 6 aromatic rings. The fourth-order valence-electron chi connectivity index (χ4n) is 7.64. The van der Waals surface area contributed by atoms with Crippen molar-refractivity contribution in [3.05, 3.63) is 202 Å². The second kappa shape index (κ2) is 27.5. The van der Waals surface area contributed by atoms with Gasteiger partial charge in [0.1, 0.15) is 22.7 Å². The maximum absolute atomic E-state index is 12.6. The van der Waals surface area contributed by atoms with Crippen molar-refractivity contribution in [2.75, 3.05) is 13.2 Å². The summed E-state index contributed by atoms with van der Waals surface area (Å²) in [7, 11) is 0. The van der Waals surface area contributed by atoms with E-state index in [9.17, 15) is 44.1 Å². The molecular formula is C57H62N2O14. The smallest absolute Gasteiger partial charge is 0.363 e. The number of aliphatic hydroxyl groups excluding tert-OH is 1. The van der Waals surface area contributed by atoms with E-state index in [1.165, 1.54) is 24.3 Å². The molecule has 2 fully saturated rings. The minimum Gasteiger partial charge on any atom is -0.508 e. The van der Waals surface area contributed by atoms with Crippen LogP contribution >= 0.6 is 0 Å². The molecular weight excluding hydrogens is 937 g/mol. The van der Waals surface area contributed by atoms with Gasteiger partial charge in [-0.15, -0.1) is 5.06 Å². The number of ether oxygens (including phenoxy) is 1. The average molecular weight is 999 g/mol. The highest BCUT2D eigenvalue weighted by Gasteiger charge is 2.39. The van der Waals surface area contributed by atoms with E-state index in [0.717, 1.165) is 42.4 Å². The topological polar surface area (TPSA) is 249 Å². The molecule has 0 aliphatic carbocycles. The molecule has 6 aromatic carbocycles. The highest BCUT2D eigenvalue weighted by molar-refractivity contribution is 6.03. The lowest BCUT2D eigenvalue weighted by molar-refractivity contribution is -0.173. The Morgan fingerprint density at radius 1 is 0.548 bits per heavy atom. The Kier molecular flexibility index (Phi) is 21.7. The van der Waals surface area contributed by atoms with Crippen LogP contribution in [0, 0.1) is 0 Å². The van der Waals surface area contributed by atoms with Crippen molar-refractivity contribution in [3.8, 4) is 11.5 Å². The van der Waals surface area contributed by atoms with Crippen LogP contribution in [-0.4, -0.2) is 89.6 Å². The standard InChI is InChI=1S/C28H27NO6.C20H16O4.C4H5NO3.C4H10O.CH4/c1-2-3-18-34-28(21-8-5-4-6-9-21,23-10-7-11-24(30)19-23)22-14-12-20(13-15-22)27(33)35-29-25(31)16-17-26(29)32;21-18-8-4-7-17(13-18)20(24,15-5-2-1-3-6-15)16-11-9-14(10-12-16)19(22)23;6-3-1-2-4(7)5(3)8;1-2-3-4-5;/h4-15,19,30H,2-3,16-18H2,1H3;1-13,21,24H,(H,22,23);8H,1-2H2;5H,2-4H2,1H3;1H4. The first kappa shape index (κ1) is 57.6. The number of aromatic carboxylic acids is 1. The largest absolute Gasteiger partial charge is 0.508 e. The summed E-state index contributed by atoms with van der Waals surface area (Å²) in [5.41, 5.74) is 1.77. The number of hydrogen-bond acceptors (Lipinski definition) is 13. The number of imide groups is 2. The van der Waals surface area contributed by atoms with Gasteiger partial charge in [0.05, 0.1) is 11.1 Å². The van der Waals surface area contributed by atoms with Crippen LogP contribution in [0.1, 0.15) is 127 Å². The normalized spacial score (nSPS) is 14.4. The first-order valence-corrected chi connectivity index (χ1v) is 23.3. The second-order valence-electron chi connectivity index (χ2n) is 16.5. The lowest BCUT2D eigenvalue weighted by atomic mass is 9.79. The SMILES string of the molecule is C.CCCCO.CCCCOC(c1ccccc1)(c1ccc(C(=O)ON2C(=O)CCC2=O)cc1)c1cccc(O)c1.O=C(O)c1ccc(C(O)(c2ccccc2)c2cccc(O)c2)cc1.O=C1CCC(=O)N1O. The van der Waals surface area contributed by atoms with Gasteiger partial charge in [0.15, 0.2) is 0 Å². The van der Waals surface area contributed by atoms with Gasteiger partial charge in [-0.2, -0.15) is 5.06 Å². The molecule has 0 saturated carbocycles. The molecule has 2 saturated heterocycles. The fraction of sp³-hybridized carbons (Fsp3) is 0.263. The number of amides is 4. The van der Waals surface area contributed by atoms with Crippen molar-refractivity contribution in [2.45, 2.75) is 83.8 Å². The molecule has 73 heavy (non-hydrogen) atoms. The number of carboxylic acids is 1. The van der Waals surface area contributed by atoms with Crippen LogP contribution in [0.2, 0.25) is 0 Å². The number of nitrogens with zero attached hydrogens (tertiary/aromatic N) is 2. The van der Waals surface area contributed by atoms with Crippen LogP contribution in [0.15, 0.2) is 158 Å². The highest BCUT2D eigenvalue weighted by atomic mass is 16.7. The molecule has 2 aliphatic rings.